The number of benzene rings is 3. The molecule has 38 heavy (non-hydrogen) atoms. The Morgan fingerprint density at radius 1 is 0.974 bits per heavy atom. The van der Waals surface area contributed by atoms with Gasteiger partial charge < -0.3 is 10.2 Å². The van der Waals surface area contributed by atoms with E-state index in [2.05, 4.69) is 5.32 Å². The molecule has 3 aromatic rings. The van der Waals surface area contributed by atoms with Crippen molar-refractivity contribution in [2.75, 3.05) is 17.4 Å². The molecule has 1 N–H and O–H groups in total. The number of anilines is 1. The average Bonchev–Trinajstić information content (AvgIpc) is 2.91. The molecule has 2 amide bonds. The number of hydrogen-bond donors (Lipinski definition) is 1. The standard InChI is InChI=1S/C29H34FN3O4S/c1-4-5-18-31-29(35)23(3)32(20-24-13-11-12-22(2)19-24)28(34)21-33(27-17-10-9-16-26(27)30)38(36,37)25-14-7-6-8-15-25/h6-17,19,23H,4-5,18,20-21H2,1-3H3,(H,31,35)/t23-/m0/s1. The number of nitrogens with one attached hydrogen (secondary N) is 1. The van der Waals surface area contributed by atoms with Crippen LogP contribution in [0.3, 0.4) is 0 Å². The number of unbranched alkanes of at least 4 members (excludes halogenated alkanes) is 1. The monoisotopic (exact) mass is 539 g/mol. The Hall–Kier alpha value is -3.72. The Balaban J connectivity index is 2.00. The van der Waals surface area contributed by atoms with Gasteiger partial charge in [0.15, 0.2) is 0 Å². The van der Waals surface area contributed by atoms with Gasteiger partial charge in [0.05, 0.1) is 10.6 Å². The molecule has 7 nitrogen and oxygen atoms in total. The summed E-state index contributed by atoms with van der Waals surface area (Å²) in [7, 11) is -4.30. The Morgan fingerprint density at radius 3 is 2.32 bits per heavy atom. The number of amides is 2. The zero-order chi connectivity index (χ0) is 27.7. The summed E-state index contributed by atoms with van der Waals surface area (Å²) in [6, 6.07) is 19.6. The number of para-hydroxylation sites is 1. The highest BCUT2D eigenvalue weighted by Gasteiger charge is 2.33. The number of carbonyl (C=O) groups excluding carboxylic acids is 2. The van der Waals surface area contributed by atoms with Crippen molar-refractivity contribution in [1.29, 1.82) is 0 Å². The quantitative estimate of drug-likeness (QED) is 0.339. The van der Waals surface area contributed by atoms with Crippen LogP contribution in [-0.4, -0.2) is 44.3 Å². The lowest BCUT2D eigenvalue weighted by Gasteiger charge is -2.32. The molecule has 0 saturated carbocycles. The van der Waals surface area contributed by atoms with Crippen LogP contribution in [0.4, 0.5) is 10.1 Å². The van der Waals surface area contributed by atoms with Gasteiger partial charge in [-0.25, -0.2) is 12.8 Å². The first-order chi connectivity index (χ1) is 18.1. The van der Waals surface area contributed by atoms with Gasteiger partial charge in [-0.1, -0.05) is 73.5 Å². The SMILES string of the molecule is CCCCNC(=O)[C@H](C)N(Cc1cccc(C)c1)C(=O)CN(c1ccccc1F)S(=O)(=O)c1ccccc1. The molecule has 0 aliphatic rings. The van der Waals surface area contributed by atoms with Crippen molar-refractivity contribution in [1.82, 2.24) is 10.2 Å². The molecule has 3 aromatic carbocycles. The molecular weight excluding hydrogens is 505 g/mol. The van der Waals surface area contributed by atoms with Gasteiger partial charge in [0.1, 0.15) is 18.4 Å². The van der Waals surface area contributed by atoms with Crippen molar-refractivity contribution in [3.05, 3.63) is 95.8 Å². The van der Waals surface area contributed by atoms with Crippen LogP contribution in [0.2, 0.25) is 0 Å². The predicted molar refractivity (Wildman–Crippen MR) is 146 cm³/mol. The molecule has 0 aromatic heterocycles. The highest BCUT2D eigenvalue weighted by Crippen LogP contribution is 2.27. The summed E-state index contributed by atoms with van der Waals surface area (Å²) in [5, 5.41) is 2.84. The van der Waals surface area contributed by atoms with Crippen LogP contribution in [0.5, 0.6) is 0 Å². The van der Waals surface area contributed by atoms with E-state index in [-0.39, 0.29) is 23.0 Å². The summed E-state index contributed by atoms with van der Waals surface area (Å²) in [6.07, 6.45) is 1.69. The third kappa shape index (κ3) is 7.19. The zero-order valence-corrected chi connectivity index (χ0v) is 22.7. The first-order valence-electron chi connectivity index (χ1n) is 12.6. The maximum Gasteiger partial charge on any atom is 0.264 e. The van der Waals surface area contributed by atoms with Crippen LogP contribution in [0.1, 0.15) is 37.8 Å². The molecular formula is C29H34FN3O4S. The molecule has 0 radical (unpaired) electrons. The Bertz CT molecular complexity index is 1350. The van der Waals surface area contributed by atoms with E-state index in [0.717, 1.165) is 34.3 Å². The van der Waals surface area contributed by atoms with Crippen molar-refractivity contribution in [2.24, 2.45) is 0 Å². The number of aryl methyl sites for hydroxylation is 1. The summed E-state index contributed by atoms with van der Waals surface area (Å²) < 4.78 is 42.9. The largest absolute Gasteiger partial charge is 0.354 e. The summed E-state index contributed by atoms with van der Waals surface area (Å²) in [5.41, 5.74) is 1.52. The van der Waals surface area contributed by atoms with E-state index in [1.54, 1.807) is 25.1 Å². The molecule has 0 saturated heterocycles. The van der Waals surface area contributed by atoms with Gasteiger partial charge in [0, 0.05) is 13.1 Å². The summed E-state index contributed by atoms with van der Waals surface area (Å²) in [6.45, 7) is 5.40. The average molecular weight is 540 g/mol. The number of rotatable bonds is 12. The Morgan fingerprint density at radius 2 is 1.66 bits per heavy atom. The highest BCUT2D eigenvalue weighted by atomic mass is 32.2. The normalized spacial score (nSPS) is 12.0. The van der Waals surface area contributed by atoms with Gasteiger partial charge in [0.2, 0.25) is 11.8 Å². The van der Waals surface area contributed by atoms with Gasteiger partial charge in [-0.05, 0) is 50.1 Å². The van der Waals surface area contributed by atoms with Crippen LogP contribution in [0.15, 0.2) is 83.8 Å². The molecule has 0 aliphatic carbocycles. The van der Waals surface area contributed by atoms with E-state index in [1.165, 1.54) is 35.2 Å². The lowest BCUT2D eigenvalue weighted by atomic mass is 10.1. The Kier molecular flexibility index (Phi) is 10.0. The first-order valence-corrected chi connectivity index (χ1v) is 14.0. The topological polar surface area (TPSA) is 86.8 Å². The summed E-state index contributed by atoms with van der Waals surface area (Å²) >= 11 is 0. The molecule has 1 atom stereocenters. The Labute approximate surface area is 224 Å². The number of nitrogens with zero attached hydrogens (tertiary/aromatic N) is 2. The van der Waals surface area contributed by atoms with Crippen LogP contribution in [0.25, 0.3) is 0 Å². The van der Waals surface area contributed by atoms with Gasteiger partial charge in [-0.15, -0.1) is 0 Å². The predicted octanol–water partition coefficient (Wildman–Crippen LogP) is 4.66. The second-order valence-corrected chi connectivity index (χ2v) is 11.0. The van der Waals surface area contributed by atoms with Crippen LogP contribution in [0, 0.1) is 12.7 Å². The minimum absolute atomic E-state index is 0.0772. The molecule has 0 aliphatic heterocycles. The number of hydrogen-bond acceptors (Lipinski definition) is 4. The zero-order valence-electron chi connectivity index (χ0n) is 21.9. The van der Waals surface area contributed by atoms with Gasteiger partial charge in [-0.2, -0.15) is 0 Å². The number of sulfonamides is 1. The van der Waals surface area contributed by atoms with E-state index in [9.17, 15) is 22.4 Å². The fourth-order valence-corrected chi connectivity index (χ4v) is 5.46. The lowest BCUT2D eigenvalue weighted by molar-refractivity contribution is -0.139. The van der Waals surface area contributed by atoms with Gasteiger partial charge >= 0.3 is 0 Å². The first kappa shape index (κ1) is 28.8. The second-order valence-electron chi connectivity index (χ2n) is 9.11. The lowest BCUT2D eigenvalue weighted by Crippen LogP contribution is -2.51. The molecule has 3 rings (SSSR count). The second kappa shape index (κ2) is 13.2. The number of halogens is 1. The molecule has 202 valence electrons. The van der Waals surface area contributed by atoms with Gasteiger partial charge in [-0.3, -0.25) is 13.9 Å². The summed E-state index contributed by atoms with van der Waals surface area (Å²) in [4.78, 5) is 28.0. The van der Waals surface area contributed by atoms with E-state index in [0.29, 0.717) is 6.54 Å². The molecule has 0 spiro atoms. The fraction of sp³-hybridized carbons (Fsp3) is 0.310. The summed E-state index contributed by atoms with van der Waals surface area (Å²) in [5.74, 6) is -1.76. The van der Waals surface area contributed by atoms with Crippen LogP contribution >= 0.6 is 0 Å². The van der Waals surface area contributed by atoms with Crippen molar-refractivity contribution in [2.45, 2.75) is 51.1 Å². The minimum atomic E-state index is -4.30. The van der Waals surface area contributed by atoms with E-state index < -0.39 is 34.3 Å². The van der Waals surface area contributed by atoms with Crippen LogP contribution < -0.4 is 9.62 Å². The van der Waals surface area contributed by atoms with E-state index >= 15 is 0 Å². The maximum absolute atomic E-state index is 14.9. The molecule has 0 unspecified atom stereocenters. The molecule has 0 heterocycles. The smallest absolute Gasteiger partial charge is 0.264 e. The van der Waals surface area contributed by atoms with Gasteiger partial charge in [0.25, 0.3) is 10.0 Å². The molecule has 9 heteroatoms. The van der Waals surface area contributed by atoms with Crippen molar-refractivity contribution >= 4 is 27.5 Å². The highest BCUT2D eigenvalue weighted by molar-refractivity contribution is 7.92. The number of carbonyl (C=O) groups is 2. The third-order valence-electron chi connectivity index (χ3n) is 6.16. The van der Waals surface area contributed by atoms with Crippen molar-refractivity contribution in [3.8, 4) is 0 Å². The fourth-order valence-electron chi connectivity index (χ4n) is 4.01. The molecule has 0 fully saturated rings. The van der Waals surface area contributed by atoms with Crippen molar-refractivity contribution < 1.29 is 22.4 Å². The van der Waals surface area contributed by atoms with Crippen molar-refractivity contribution in [3.63, 3.8) is 0 Å². The van der Waals surface area contributed by atoms with Crippen LogP contribution in [-0.2, 0) is 26.2 Å². The third-order valence-corrected chi connectivity index (χ3v) is 7.94. The van der Waals surface area contributed by atoms with E-state index in [1.807, 2.05) is 38.1 Å². The minimum Gasteiger partial charge on any atom is -0.354 e. The van der Waals surface area contributed by atoms with E-state index in [4.69, 9.17) is 0 Å². The maximum atomic E-state index is 14.9. The molecule has 0 bridgehead atoms.